The van der Waals surface area contributed by atoms with Gasteiger partial charge in [0.15, 0.2) is 22.3 Å². The first-order valence-corrected chi connectivity index (χ1v) is 20.2. The number of carbonyl (C=O) groups is 2. The van der Waals surface area contributed by atoms with Crippen molar-refractivity contribution >= 4 is 34.2 Å². The van der Waals surface area contributed by atoms with Gasteiger partial charge < -0.3 is 39.8 Å². The number of rotatable bonds is 12. The summed E-state index contributed by atoms with van der Waals surface area (Å²) in [6.07, 6.45) is 12.9. The zero-order chi connectivity index (χ0) is 42.8. The van der Waals surface area contributed by atoms with E-state index in [-0.39, 0.29) is 62.0 Å². The van der Waals surface area contributed by atoms with Crippen LogP contribution in [0, 0.1) is 0 Å². The second-order valence-electron chi connectivity index (χ2n) is 14.3. The molecule has 0 radical (unpaired) electrons. The van der Waals surface area contributed by atoms with Crippen LogP contribution in [0.4, 0.5) is 0 Å². The van der Waals surface area contributed by atoms with Gasteiger partial charge in [0.05, 0.1) is 19.3 Å². The predicted molar refractivity (Wildman–Crippen MR) is 228 cm³/mol. The van der Waals surface area contributed by atoms with E-state index in [1.807, 2.05) is 0 Å². The minimum absolute atomic E-state index is 0. The van der Waals surface area contributed by atoms with E-state index in [9.17, 15) is 28.8 Å². The van der Waals surface area contributed by atoms with Crippen LogP contribution in [0.25, 0.3) is 22.3 Å². The third-order valence-electron chi connectivity index (χ3n) is 9.90. The van der Waals surface area contributed by atoms with Gasteiger partial charge in [0.25, 0.3) is 11.1 Å². The molecule has 2 aliphatic rings. The molecule has 20 heteroatoms. The van der Waals surface area contributed by atoms with Gasteiger partial charge in [-0.2, -0.15) is 0 Å². The maximum Gasteiger partial charge on any atom is 0.332 e. The Morgan fingerprint density at radius 2 is 1.14 bits per heavy atom. The lowest BCUT2D eigenvalue weighted by Gasteiger charge is -2.26. The van der Waals surface area contributed by atoms with E-state index >= 15 is 0 Å². The van der Waals surface area contributed by atoms with E-state index in [1.54, 1.807) is 20.9 Å². The molecule has 6 heterocycles. The molecule has 0 aromatic carbocycles. The molecule has 2 fully saturated rings. The predicted octanol–water partition coefficient (Wildman–Crippen LogP) is -0.121. The molecule has 20 nitrogen and oxygen atoms in total. The molecule has 0 bridgehead atoms. The number of hydrogen-bond donors (Lipinski definition) is 3. The van der Waals surface area contributed by atoms with Crippen LogP contribution in [0.1, 0.15) is 72.6 Å². The van der Waals surface area contributed by atoms with Crippen molar-refractivity contribution in [1.29, 1.82) is 0 Å². The van der Waals surface area contributed by atoms with Crippen molar-refractivity contribution in [3.63, 3.8) is 0 Å². The Labute approximate surface area is 345 Å². The average Bonchev–Trinajstić information content (AvgIpc) is 3.84. The molecule has 0 spiro atoms. The van der Waals surface area contributed by atoms with Crippen LogP contribution in [0.3, 0.4) is 0 Å². The summed E-state index contributed by atoms with van der Waals surface area (Å²) in [5.74, 6) is -0.628. The first kappa shape index (κ1) is 50.2. The second-order valence-corrected chi connectivity index (χ2v) is 14.3. The van der Waals surface area contributed by atoms with E-state index in [4.69, 9.17) is 15.6 Å². The Balaban J connectivity index is 0.000000318. The van der Waals surface area contributed by atoms with Crippen molar-refractivity contribution in [3.05, 3.63) is 54.3 Å². The fourth-order valence-corrected chi connectivity index (χ4v) is 6.80. The highest BCUT2D eigenvalue weighted by atomic mass is 16.5. The van der Waals surface area contributed by atoms with E-state index < -0.39 is 28.5 Å². The number of aryl methyl sites for hydroxylation is 2. The molecular formula is C39H68N12O8. The van der Waals surface area contributed by atoms with Gasteiger partial charge in [-0.05, 0) is 98.2 Å². The lowest BCUT2D eigenvalue weighted by atomic mass is 10.1. The van der Waals surface area contributed by atoms with Crippen molar-refractivity contribution in [1.82, 2.24) is 52.5 Å². The molecule has 2 saturated heterocycles. The smallest absolute Gasteiger partial charge is 0.332 e. The third kappa shape index (κ3) is 14.1. The van der Waals surface area contributed by atoms with Crippen LogP contribution in [0.15, 0.2) is 31.8 Å². The Bertz CT molecular complexity index is 2150. The maximum atomic E-state index is 12.4. The monoisotopic (exact) mass is 833 g/mol. The molecule has 4 N–H and O–H groups in total. The average molecular weight is 833 g/mol. The largest absolute Gasteiger partial charge is 0.465 e. The summed E-state index contributed by atoms with van der Waals surface area (Å²) in [6.45, 7) is 12.4. The molecule has 0 saturated carbocycles. The maximum absolute atomic E-state index is 12.4. The standard InChI is InChI=1S/C17H26N6O3.C11H14N4O4.C8H18N2.C2H6O.CH4/c1-20-15-14(16(25)21(2)17(20)26)23(12-19-15)11-13(24)18-7-6-10-22-8-4-3-5-9-22;1-4-19-7(16)5-15-6-12-9-8(15)10(17)14(3)11(18)13(9)2;9-5-4-8-10-6-2-1-3-7-10;1-2-3;/h12H,3-11H2,1-2H3,(H,18,24);6H,4-5H2,1-3H3;1-9H2;3H,2H2,1H3;1H4. The number of nitrogens with one attached hydrogen (secondary N) is 1. The molecule has 4 aromatic heterocycles. The van der Waals surface area contributed by atoms with Crippen LogP contribution in [-0.2, 0) is 55.6 Å². The van der Waals surface area contributed by atoms with E-state index in [2.05, 4.69) is 25.1 Å². The highest BCUT2D eigenvalue weighted by molar-refractivity contribution is 5.79. The molecule has 0 aliphatic carbocycles. The summed E-state index contributed by atoms with van der Waals surface area (Å²) in [7, 11) is 5.88. The van der Waals surface area contributed by atoms with Crippen molar-refractivity contribution in [2.45, 2.75) is 85.7 Å². The van der Waals surface area contributed by atoms with Crippen molar-refractivity contribution in [2.24, 2.45) is 33.9 Å². The van der Waals surface area contributed by atoms with E-state index in [0.29, 0.717) is 6.54 Å². The SMILES string of the molecule is C.CCO.CCOC(=O)Cn1cnc2c1c(=O)n(C)c(=O)n2C.Cn1c(=O)c2c(ncn2CC(=O)NCCCN2CCCCC2)n(C)c1=O.NCCCN1CCCCC1. The Morgan fingerprint density at radius 1 is 0.712 bits per heavy atom. The molecule has 0 atom stereocenters. The third-order valence-corrected chi connectivity index (χ3v) is 9.90. The molecule has 6 rings (SSSR count). The minimum Gasteiger partial charge on any atom is -0.465 e. The molecule has 59 heavy (non-hydrogen) atoms. The summed E-state index contributed by atoms with van der Waals surface area (Å²) in [6, 6.07) is 0. The number of ether oxygens (including phenoxy) is 1. The van der Waals surface area contributed by atoms with Gasteiger partial charge >= 0.3 is 17.3 Å². The van der Waals surface area contributed by atoms with E-state index in [0.717, 1.165) is 41.7 Å². The number of likely N-dealkylation sites (tertiary alicyclic amines) is 2. The number of imidazole rings is 2. The van der Waals surface area contributed by atoms with Gasteiger partial charge in [0, 0.05) is 41.3 Å². The van der Waals surface area contributed by atoms with Gasteiger partial charge in [0.2, 0.25) is 5.91 Å². The topological polar surface area (TPSA) is 232 Å². The van der Waals surface area contributed by atoms with E-state index in [1.165, 1.54) is 117 Å². The minimum atomic E-state index is -0.486. The summed E-state index contributed by atoms with van der Waals surface area (Å²) >= 11 is 0. The number of aromatic nitrogens is 8. The number of nitrogens with zero attached hydrogens (tertiary/aromatic N) is 10. The molecule has 2 aliphatic heterocycles. The second kappa shape index (κ2) is 25.5. The fourth-order valence-electron chi connectivity index (χ4n) is 6.80. The number of hydrogen-bond acceptors (Lipinski definition) is 13. The van der Waals surface area contributed by atoms with Gasteiger partial charge in [-0.3, -0.25) is 37.4 Å². The first-order valence-electron chi connectivity index (χ1n) is 20.2. The first-order chi connectivity index (χ1) is 27.8. The summed E-state index contributed by atoms with van der Waals surface area (Å²) in [5, 5.41) is 10.5. The van der Waals surface area contributed by atoms with Crippen LogP contribution in [-0.4, -0.2) is 130 Å². The van der Waals surface area contributed by atoms with Crippen molar-refractivity contribution < 1.29 is 19.4 Å². The van der Waals surface area contributed by atoms with Gasteiger partial charge in [0.1, 0.15) is 13.1 Å². The fraction of sp³-hybridized carbons (Fsp3) is 0.692. The molecule has 0 unspecified atom stereocenters. The molecular weight excluding hydrogens is 765 g/mol. The zero-order valence-corrected chi connectivity index (χ0v) is 35.2. The number of nitrogens with two attached hydrogens (primary N) is 1. The normalized spacial score (nSPS) is 14.2. The van der Waals surface area contributed by atoms with Crippen molar-refractivity contribution in [2.75, 3.05) is 65.6 Å². The van der Waals surface area contributed by atoms with Gasteiger partial charge in [-0.15, -0.1) is 0 Å². The Hall–Kier alpha value is -4.92. The Morgan fingerprint density at radius 3 is 1.56 bits per heavy atom. The lowest BCUT2D eigenvalue weighted by molar-refractivity contribution is -0.143. The number of aliphatic hydroxyl groups excluding tert-OH is 1. The number of fused-ring (bicyclic) bond motifs is 2. The van der Waals surface area contributed by atoms with Crippen molar-refractivity contribution in [3.8, 4) is 0 Å². The van der Waals surface area contributed by atoms with Gasteiger partial charge in [-0.25, -0.2) is 19.6 Å². The van der Waals surface area contributed by atoms with Crippen LogP contribution < -0.4 is 33.5 Å². The molecule has 1 amide bonds. The summed E-state index contributed by atoms with van der Waals surface area (Å²) < 4.78 is 12.3. The highest BCUT2D eigenvalue weighted by Gasteiger charge is 2.18. The summed E-state index contributed by atoms with van der Waals surface area (Å²) in [5.41, 5.74) is 4.60. The number of amides is 1. The highest BCUT2D eigenvalue weighted by Crippen LogP contribution is 2.10. The number of esters is 1. The van der Waals surface area contributed by atoms with Crippen LogP contribution >= 0.6 is 0 Å². The molecule has 4 aromatic rings. The van der Waals surface area contributed by atoms with Crippen LogP contribution in [0.5, 0.6) is 0 Å². The lowest BCUT2D eigenvalue weighted by Crippen LogP contribution is -2.38. The summed E-state index contributed by atoms with van der Waals surface area (Å²) in [4.78, 5) is 84.8. The van der Waals surface area contributed by atoms with Crippen LogP contribution in [0.2, 0.25) is 0 Å². The number of aliphatic hydroxyl groups is 1. The zero-order valence-electron chi connectivity index (χ0n) is 35.2. The van der Waals surface area contributed by atoms with Gasteiger partial charge in [-0.1, -0.05) is 20.3 Å². The number of piperidine rings is 2. The number of carbonyl (C=O) groups excluding carboxylic acids is 2. The Kier molecular flexibility index (Phi) is 21.7. The molecule has 332 valence electrons. The quantitative estimate of drug-likeness (QED) is 0.125.